The predicted octanol–water partition coefficient (Wildman–Crippen LogP) is 3.41. The Morgan fingerprint density at radius 3 is 2.55 bits per heavy atom. The number of hydrogen-bond acceptors (Lipinski definition) is 3. The van der Waals surface area contributed by atoms with Gasteiger partial charge in [0, 0.05) is 10.1 Å². The molecule has 0 fully saturated rings. The van der Waals surface area contributed by atoms with Gasteiger partial charge < -0.3 is 0 Å². The molecule has 0 bridgehead atoms. The second-order valence-corrected chi connectivity index (χ2v) is 8.01. The first kappa shape index (κ1) is 15.8. The molecule has 1 heterocycles. The summed E-state index contributed by atoms with van der Waals surface area (Å²) in [5.74, 6) is -0.381. The third-order valence-electron chi connectivity index (χ3n) is 3.43. The van der Waals surface area contributed by atoms with Gasteiger partial charge in [0.05, 0.1) is 5.56 Å². The molecule has 4 nitrogen and oxygen atoms in total. The number of benzene rings is 1. The first-order valence-electron chi connectivity index (χ1n) is 6.85. The van der Waals surface area contributed by atoms with E-state index in [2.05, 4.69) is 29.5 Å². The van der Waals surface area contributed by atoms with Gasteiger partial charge in [-0.2, -0.15) is 0 Å². The van der Waals surface area contributed by atoms with Gasteiger partial charge in [0.2, 0.25) is 0 Å². The maximum atomic E-state index is 12.3. The van der Waals surface area contributed by atoms with E-state index < -0.39 is 10.0 Å². The van der Waals surface area contributed by atoms with Gasteiger partial charge in [0.1, 0.15) is 4.90 Å². The van der Waals surface area contributed by atoms with Crippen molar-refractivity contribution in [2.75, 3.05) is 6.54 Å². The normalized spacial score (nSPS) is 16.5. The molecule has 0 spiro atoms. The Morgan fingerprint density at radius 1 is 1.15 bits per heavy atom. The zero-order chi connectivity index (χ0) is 14.8. The lowest BCUT2D eigenvalue weighted by molar-refractivity contribution is 0.0869. The van der Waals surface area contributed by atoms with E-state index in [1.165, 1.54) is 6.07 Å². The van der Waals surface area contributed by atoms with E-state index in [-0.39, 0.29) is 17.3 Å². The van der Waals surface area contributed by atoms with Gasteiger partial charge in [-0.3, -0.25) is 4.79 Å². The van der Waals surface area contributed by atoms with Crippen molar-refractivity contribution in [1.29, 1.82) is 0 Å². The van der Waals surface area contributed by atoms with Crippen LogP contribution in [0.2, 0.25) is 0 Å². The third kappa shape index (κ3) is 3.00. The molecule has 1 amide bonds. The molecule has 0 unspecified atom stereocenters. The zero-order valence-electron chi connectivity index (χ0n) is 11.4. The molecular formula is C14H18INO3S. The molecular weight excluding hydrogens is 389 g/mol. The number of carbonyl (C=O) groups excluding carboxylic acids is 1. The van der Waals surface area contributed by atoms with Crippen LogP contribution in [0.25, 0.3) is 0 Å². The molecule has 1 aromatic carbocycles. The molecule has 1 aliphatic rings. The summed E-state index contributed by atoms with van der Waals surface area (Å²) in [6, 6.07) is 4.89. The first-order chi connectivity index (χ1) is 9.48. The van der Waals surface area contributed by atoms with Crippen molar-refractivity contribution in [3.8, 4) is 0 Å². The minimum Gasteiger partial charge on any atom is -0.268 e. The Hall–Kier alpha value is -0.630. The summed E-state index contributed by atoms with van der Waals surface area (Å²) in [4.78, 5) is 12.4. The molecule has 1 aromatic rings. The zero-order valence-corrected chi connectivity index (χ0v) is 14.4. The van der Waals surface area contributed by atoms with Crippen LogP contribution < -0.4 is 0 Å². The number of halogens is 1. The second kappa shape index (κ2) is 6.43. The molecule has 0 N–H and O–H groups in total. The quantitative estimate of drug-likeness (QED) is 0.537. The summed E-state index contributed by atoms with van der Waals surface area (Å²) in [5.41, 5.74) is 0.311. The monoisotopic (exact) mass is 407 g/mol. The van der Waals surface area contributed by atoms with E-state index in [1.54, 1.807) is 12.1 Å². The van der Waals surface area contributed by atoms with Crippen molar-refractivity contribution in [3.05, 3.63) is 27.3 Å². The van der Waals surface area contributed by atoms with Crippen LogP contribution in [0.4, 0.5) is 0 Å². The Bertz CT molecular complexity index is 613. The van der Waals surface area contributed by atoms with Gasteiger partial charge in [-0.15, -0.1) is 0 Å². The molecule has 0 aromatic heterocycles. The predicted molar refractivity (Wildman–Crippen MR) is 86.1 cm³/mol. The van der Waals surface area contributed by atoms with Gasteiger partial charge >= 0.3 is 0 Å². The van der Waals surface area contributed by atoms with E-state index in [0.29, 0.717) is 5.56 Å². The van der Waals surface area contributed by atoms with E-state index in [1.807, 2.05) is 0 Å². The molecule has 0 saturated carbocycles. The van der Waals surface area contributed by atoms with Crippen LogP contribution >= 0.6 is 22.6 Å². The van der Waals surface area contributed by atoms with Crippen molar-refractivity contribution in [3.63, 3.8) is 0 Å². The van der Waals surface area contributed by atoms with Crippen molar-refractivity contribution < 1.29 is 13.2 Å². The Kier molecular flexibility index (Phi) is 5.06. The lowest BCUT2D eigenvalue weighted by Gasteiger charge is -2.14. The van der Waals surface area contributed by atoms with Crippen LogP contribution in [0.1, 0.15) is 49.4 Å². The Balaban J connectivity index is 2.11. The van der Waals surface area contributed by atoms with Gasteiger partial charge in [0.15, 0.2) is 0 Å². The lowest BCUT2D eigenvalue weighted by atomic mass is 10.1. The van der Waals surface area contributed by atoms with Gasteiger partial charge in [-0.05, 0) is 47.2 Å². The first-order valence-corrected chi connectivity index (χ1v) is 9.37. The van der Waals surface area contributed by atoms with Gasteiger partial charge in [-0.1, -0.05) is 32.6 Å². The van der Waals surface area contributed by atoms with Crippen molar-refractivity contribution >= 4 is 38.5 Å². The topological polar surface area (TPSA) is 54.5 Å². The number of hydrogen-bond donors (Lipinski definition) is 0. The lowest BCUT2D eigenvalue weighted by Crippen LogP contribution is -2.30. The number of amides is 1. The fraction of sp³-hybridized carbons (Fsp3) is 0.500. The molecule has 0 saturated heterocycles. The van der Waals surface area contributed by atoms with E-state index in [9.17, 15) is 13.2 Å². The number of sulfonamides is 1. The van der Waals surface area contributed by atoms with Crippen molar-refractivity contribution in [1.82, 2.24) is 4.31 Å². The number of unbranched alkanes of at least 4 members (excludes halogenated alkanes) is 4. The van der Waals surface area contributed by atoms with E-state index in [4.69, 9.17) is 0 Å². The second-order valence-electron chi connectivity index (χ2n) is 4.94. The van der Waals surface area contributed by atoms with E-state index in [0.717, 1.165) is 40.0 Å². The number of carbonyl (C=O) groups is 1. The SMILES string of the molecule is CCCCCCCN1C(=O)c2cc(I)ccc2S1(=O)=O. The molecule has 2 rings (SSSR count). The van der Waals surface area contributed by atoms with Crippen LogP contribution in [0.3, 0.4) is 0 Å². The average molecular weight is 407 g/mol. The maximum Gasteiger partial charge on any atom is 0.269 e. The molecule has 0 radical (unpaired) electrons. The highest BCUT2D eigenvalue weighted by Gasteiger charge is 2.40. The molecule has 1 aliphatic heterocycles. The minimum atomic E-state index is -3.62. The van der Waals surface area contributed by atoms with Crippen LogP contribution in [-0.2, 0) is 10.0 Å². The van der Waals surface area contributed by atoms with Crippen LogP contribution in [0, 0.1) is 3.57 Å². The minimum absolute atomic E-state index is 0.150. The summed E-state index contributed by atoms with van der Waals surface area (Å²) in [6.07, 6.45) is 5.07. The third-order valence-corrected chi connectivity index (χ3v) is 5.94. The number of rotatable bonds is 6. The highest BCUT2D eigenvalue weighted by molar-refractivity contribution is 14.1. The number of nitrogens with zero attached hydrogens (tertiary/aromatic N) is 1. The van der Waals surface area contributed by atoms with E-state index >= 15 is 0 Å². The molecule has 6 heteroatoms. The summed E-state index contributed by atoms with van der Waals surface area (Å²) in [5, 5.41) is 0. The largest absolute Gasteiger partial charge is 0.269 e. The molecule has 20 heavy (non-hydrogen) atoms. The summed E-state index contributed by atoms with van der Waals surface area (Å²) in [6.45, 7) is 2.42. The van der Waals surface area contributed by atoms with Gasteiger partial charge in [0.25, 0.3) is 15.9 Å². The fourth-order valence-electron chi connectivity index (χ4n) is 2.34. The molecule has 110 valence electrons. The van der Waals surface area contributed by atoms with Crippen LogP contribution in [-0.4, -0.2) is 25.2 Å². The fourth-order valence-corrected chi connectivity index (χ4v) is 4.42. The average Bonchev–Trinajstić information content (AvgIpc) is 2.58. The Morgan fingerprint density at radius 2 is 1.85 bits per heavy atom. The number of fused-ring (bicyclic) bond motifs is 1. The smallest absolute Gasteiger partial charge is 0.268 e. The van der Waals surface area contributed by atoms with Crippen molar-refractivity contribution in [2.45, 2.75) is 43.9 Å². The Labute approximate surface area is 133 Å². The van der Waals surface area contributed by atoms with Crippen molar-refractivity contribution in [2.24, 2.45) is 0 Å². The molecule has 0 atom stereocenters. The summed E-state index contributed by atoms with van der Waals surface area (Å²) >= 11 is 2.08. The summed E-state index contributed by atoms with van der Waals surface area (Å²) < 4.78 is 26.6. The van der Waals surface area contributed by atoms with Crippen LogP contribution in [0.5, 0.6) is 0 Å². The summed E-state index contributed by atoms with van der Waals surface area (Å²) in [7, 11) is -3.62. The van der Waals surface area contributed by atoms with Gasteiger partial charge in [-0.25, -0.2) is 12.7 Å². The highest BCUT2D eigenvalue weighted by Crippen LogP contribution is 2.31. The molecule has 0 aliphatic carbocycles. The standard InChI is InChI=1S/C14H18INO3S/c1-2-3-4-5-6-9-16-14(17)12-10-11(15)7-8-13(12)20(16,18)19/h7-8,10H,2-6,9H2,1H3. The highest BCUT2D eigenvalue weighted by atomic mass is 127. The van der Waals surface area contributed by atoms with Crippen LogP contribution in [0.15, 0.2) is 23.1 Å². The maximum absolute atomic E-state index is 12.3.